The van der Waals surface area contributed by atoms with E-state index >= 15 is 0 Å². The van der Waals surface area contributed by atoms with Crippen LogP contribution in [0.15, 0.2) is 59.9 Å². The summed E-state index contributed by atoms with van der Waals surface area (Å²) in [7, 11) is -2.17. The second-order valence-electron chi connectivity index (χ2n) is 9.90. The van der Waals surface area contributed by atoms with Crippen LogP contribution in [0.2, 0.25) is 0 Å². The number of fused-ring (bicyclic) bond motifs is 1. The summed E-state index contributed by atoms with van der Waals surface area (Å²) in [6, 6.07) is 9.85. The first-order valence-electron chi connectivity index (χ1n) is 11.9. The molecule has 2 amide bonds. The molecule has 0 bridgehead atoms. The Morgan fingerprint density at radius 2 is 1.84 bits per heavy atom. The minimum atomic E-state index is -3.83. The van der Waals surface area contributed by atoms with E-state index in [0.717, 1.165) is 11.2 Å². The second-order valence-corrected chi connectivity index (χ2v) is 11.8. The molecular formula is C25H32N6O5S. The molecule has 3 N–H and O–H groups in total. The largest absolute Gasteiger partial charge is 0.444 e. The highest BCUT2D eigenvalue weighted by molar-refractivity contribution is 7.89. The summed E-state index contributed by atoms with van der Waals surface area (Å²) in [6.45, 7) is 5.90. The summed E-state index contributed by atoms with van der Waals surface area (Å²) < 4.78 is 35.1. The number of imidazole rings is 1. The summed E-state index contributed by atoms with van der Waals surface area (Å²) in [4.78, 5) is 28.9. The van der Waals surface area contributed by atoms with Crippen molar-refractivity contribution in [3.8, 4) is 0 Å². The molecule has 1 unspecified atom stereocenters. The minimum Gasteiger partial charge on any atom is -0.444 e. The van der Waals surface area contributed by atoms with Crippen LogP contribution in [0.5, 0.6) is 0 Å². The van der Waals surface area contributed by atoms with Crippen LogP contribution in [0.1, 0.15) is 43.1 Å². The number of nitrogens with zero attached hydrogens (tertiary/aromatic N) is 3. The Labute approximate surface area is 216 Å². The molecule has 2 aromatic heterocycles. The maximum atomic E-state index is 13.4. The number of alkyl carbamates (subject to hydrolysis) is 1. The van der Waals surface area contributed by atoms with Gasteiger partial charge in [-0.15, -0.1) is 0 Å². The summed E-state index contributed by atoms with van der Waals surface area (Å²) in [6.07, 6.45) is 5.05. The number of hydrogen-bond acceptors (Lipinski definition) is 7. The third-order valence-electron chi connectivity index (χ3n) is 6.21. The number of rotatable bonds is 8. The molecule has 12 heteroatoms. The minimum absolute atomic E-state index is 0.0621. The van der Waals surface area contributed by atoms with Gasteiger partial charge >= 0.3 is 6.09 Å². The van der Waals surface area contributed by atoms with E-state index in [1.54, 1.807) is 75.1 Å². The third-order valence-corrected chi connectivity index (χ3v) is 8.19. The number of aromatic nitrogens is 2. The van der Waals surface area contributed by atoms with Gasteiger partial charge in [0.25, 0.3) is 5.91 Å². The van der Waals surface area contributed by atoms with Gasteiger partial charge in [0.1, 0.15) is 16.9 Å². The lowest BCUT2D eigenvalue weighted by Gasteiger charge is -2.51. The highest BCUT2D eigenvalue weighted by atomic mass is 32.2. The molecule has 3 heterocycles. The Kier molecular flexibility index (Phi) is 7.27. The van der Waals surface area contributed by atoms with Gasteiger partial charge in [0.05, 0.1) is 17.0 Å². The van der Waals surface area contributed by atoms with Crippen molar-refractivity contribution in [3.05, 3.63) is 66.1 Å². The predicted octanol–water partition coefficient (Wildman–Crippen LogP) is 2.10. The van der Waals surface area contributed by atoms with Gasteiger partial charge in [-0.25, -0.2) is 18.2 Å². The molecule has 0 saturated carbocycles. The lowest BCUT2D eigenvalue weighted by atomic mass is 9.98. The van der Waals surface area contributed by atoms with Crippen LogP contribution in [-0.2, 0) is 21.3 Å². The zero-order valence-corrected chi connectivity index (χ0v) is 22.1. The van der Waals surface area contributed by atoms with Crippen LogP contribution in [-0.4, -0.2) is 65.5 Å². The highest BCUT2D eigenvalue weighted by Crippen LogP contribution is 2.34. The van der Waals surface area contributed by atoms with E-state index in [4.69, 9.17) is 4.74 Å². The van der Waals surface area contributed by atoms with Crippen molar-refractivity contribution < 1.29 is 22.7 Å². The standard InChI is InChI=1S/C25H32N6O5S/c1-24(2,3)36-23(33)29-17-25(26-4)11-13-31(25)37(34,35)20-8-5-18(6-9-20)15-28-22(32)19-7-10-21-27-12-14-30(21)16-19/h5-10,12,14,16,26H,11,13,15,17H2,1-4H3,(H,28,32)(H,29,33). The molecule has 198 valence electrons. The van der Waals surface area contributed by atoms with Crippen molar-refractivity contribution in [1.82, 2.24) is 29.6 Å². The van der Waals surface area contributed by atoms with E-state index in [1.807, 2.05) is 0 Å². The number of benzene rings is 1. The van der Waals surface area contributed by atoms with Gasteiger partial charge in [0.2, 0.25) is 10.0 Å². The van der Waals surface area contributed by atoms with Crippen molar-refractivity contribution in [2.75, 3.05) is 20.1 Å². The normalized spacial score (nSPS) is 18.3. The molecule has 1 fully saturated rings. The van der Waals surface area contributed by atoms with E-state index in [1.165, 1.54) is 16.4 Å². The highest BCUT2D eigenvalue weighted by Gasteiger charge is 2.50. The molecule has 1 saturated heterocycles. The van der Waals surface area contributed by atoms with E-state index < -0.39 is 27.4 Å². The fourth-order valence-electron chi connectivity index (χ4n) is 4.12. The van der Waals surface area contributed by atoms with Gasteiger partial charge in [-0.2, -0.15) is 4.31 Å². The van der Waals surface area contributed by atoms with Crippen LogP contribution >= 0.6 is 0 Å². The molecule has 3 aromatic rings. The smallest absolute Gasteiger partial charge is 0.407 e. The number of likely N-dealkylation sites (N-methyl/N-ethyl adjacent to an activating group) is 1. The maximum Gasteiger partial charge on any atom is 0.407 e. The van der Waals surface area contributed by atoms with Crippen molar-refractivity contribution in [2.24, 2.45) is 0 Å². The first kappa shape index (κ1) is 26.6. The number of pyridine rings is 1. The lowest BCUT2D eigenvalue weighted by Crippen LogP contribution is -2.72. The van der Waals surface area contributed by atoms with Crippen molar-refractivity contribution >= 4 is 27.7 Å². The van der Waals surface area contributed by atoms with E-state index in [0.29, 0.717) is 18.5 Å². The van der Waals surface area contributed by atoms with Gasteiger partial charge in [-0.1, -0.05) is 12.1 Å². The fraction of sp³-hybridized carbons (Fsp3) is 0.400. The van der Waals surface area contributed by atoms with Crippen LogP contribution in [0.4, 0.5) is 4.79 Å². The Bertz CT molecular complexity index is 1390. The number of nitrogens with one attached hydrogen (secondary N) is 3. The summed E-state index contributed by atoms with van der Waals surface area (Å²) >= 11 is 0. The maximum absolute atomic E-state index is 13.4. The fourth-order valence-corrected chi connectivity index (χ4v) is 5.89. The van der Waals surface area contributed by atoms with Crippen LogP contribution in [0, 0.1) is 0 Å². The quantitative estimate of drug-likeness (QED) is 0.408. The van der Waals surface area contributed by atoms with Crippen molar-refractivity contribution in [2.45, 2.75) is 49.9 Å². The average molecular weight is 529 g/mol. The zero-order chi connectivity index (χ0) is 26.8. The van der Waals surface area contributed by atoms with Crippen LogP contribution < -0.4 is 16.0 Å². The third kappa shape index (κ3) is 5.76. The Balaban J connectivity index is 1.38. The molecule has 4 rings (SSSR count). The van der Waals surface area contributed by atoms with Gasteiger partial charge in [-0.3, -0.25) is 10.1 Å². The Hall–Kier alpha value is -3.48. The Morgan fingerprint density at radius 1 is 1.11 bits per heavy atom. The van der Waals surface area contributed by atoms with E-state index in [9.17, 15) is 18.0 Å². The molecule has 1 aliphatic rings. The van der Waals surface area contributed by atoms with E-state index in [2.05, 4.69) is 20.9 Å². The molecule has 0 radical (unpaired) electrons. The first-order chi connectivity index (χ1) is 17.4. The molecule has 1 atom stereocenters. The summed E-state index contributed by atoms with van der Waals surface area (Å²) in [5.41, 5.74) is 0.394. The summed E-state index contributed by atoms with van der Waals surface area (Å²) in [5, 5.41) is 8.57. The van der Waals surface area contributed by atoms with Gasteiger partial charge < -0.3 is 19.8 Å². The zero-order valence-electron chi connectivity index (χ0n) is 21.3. The summed E-state index contributed by atoms with van der Waals surface area (Å²) in [5.74, 6) is -0.246. The number of ether oxygens (including phenoxy) is 1. The Morgan fingerprint density at radius 3 is 2.46 bits per heavy atom. The van der Waals surface area contributed by atoms with Crippen LogP contribution in [0.3, 0.4) is 0 Å². The number of amides is 2. The average Bonchev–Trinajstić information content (AvgIpc) is 3.29. The first-order valence-corrected chi connectivity index (χ1v) is 13.4. The second kappa shape index (κ2) is 10.1. The molecular weight excluding hydrogens is 496 g/mol. The molecule has 0 spiro atoms. The molecule has 11 nitrogen and oxygen atoms in total. The molecule has 37 heavy (non-hydrogen) atoms. The van der Waals surface area contributed by atoms with E-state index in [-0.39, 0.29) is 23.9 Å². The number of sulfonamides is 1. The topological polar surface area (TPSA) is 134 Å². The number of hydrogen-bond donors (Lipinski definition) is 3. The number of carbonyl (C=O) groups excluding carboxylic acids is 2. The van der Waals surface area contributed by atoms with Gasteiger partial charge in [0.15, 0.2) is 0 Å². The number of carbonyl (C=O) groups is 2. The SMILES string of the molecule is CNC1(CNC(=O)OC(C)(C)C)CCN1S(=O)(=O)c1ccc(CNC(=O)c2ccc3nccn3c2)cc1. The lowest BCUT2D eigenvalue weighted by molar-refractivity contribution is 0.0260. The van der Waals surface area contributed by atoms with Crippen LogP contribution in [0.25, 0.3) is 5.65 Å². The monoisotopic (exact) mass is 528 g/mol. The van der Waals surface area contributed by atoms with Crippen molar-refractivity contribution in [1.29, 1.82) is 0 Å². The van der Waals surface area contributed by atoms with Gasteiger partial charge in [-0.05, 0) is 64.1 Å². The molecule has 0 aliphatic carbocycles. The molecule has 1 aliphatic heterocycles. The predicted molar refractivity (Wildman–Crippen MR) is 137 cm³/mol. The molecule has 1 aromatic carbocycles. The van der Waals surface area contributed by atoms with Crippen molar-refractivity contribution in [3.63, 3.8) is 0 Å². The van der Waals surface area contributed by atoms with Gasteiger partial charge in [0, 0.05) is 31.7 Å².